The molecule has 10 heteroatoms. The lowest BCUT2D eigenvalue weighted by molar-refractivity contribution is -0.384. The Morgan fingerprint density at radius 2 is 1.75 bits per heavy atom. The summed E-state index contributed by atoms with van der Waals surface area (Å²) in [6.07, 6.45) is 1.45. The normalized spacial score (nSPS) is 14.9. The van der Waals surface area contributed by atoms with Crippen LogP contribution in [0.4, 0.5) is 10.5 Å². The van der Waals surface area contributed by atoms with E-state index >= 15 is 0 Å². The molecule has 0 atom stereocenters. The Balaban J connectivity index is 1.48. The summed E-state index contributed by atoms with van der Waals surface area (Å²) in [5.74, 6) is -0.172. The van der Waals surface area contributed by atoms with E-state index in [1.54, 1.807) is 36.4 Å². The van der Waals surface area contributed by atoms with Crippen molar-refractivity contribution >= 4 is 52.1 Å². The third-order valence-corrected chi connectivity index (χ3v) is 5.76. The van der Waals surface area contributed by atoms with Crippen molar-refractivity contribution in [3.63, 3.8) is 0 Å². The molecule has 1 aliphatic rings. The van der Waals surface area contributed by atoms with Gasteiger partial charge in [0.25, 0.3) is 16.8 Å². The van der Waals surface area contributed by atoms with Gasteiger partial charge in [-0.1, -0.05) is 11.6 Å². The molecule has 1 aliphatic heterocycles. The first-order chi connectivity index (χ1) is 15.3. The summed E-state index contributed by atoms with van der Waals surface area (Å²) in [6.45, 7) is -0.464. The van der Waals surface area contributed by atoms with Crippen LogP contribution in [0.15, 0.2) is 70.0 Å². The first-order valence-corrected chi connectivity index (χ1v) is 10.4. The van der Waals surface area contributed by atoms with Crippen LogP contribution in [-0.2, 0) is 4.79 Å². The number of furan rings is 1. The standard InChI is InChI=1S/C22H13ClN2O6S/c23-15-5-1-14(2-6-15)19-10-9-17(31-19)11-20-21(27)24(22(28)32-20)12-18(26)13-3-7-16(8-4-13)25(29)30/h1-11H,12H2/b20-11+. The Kier molecular flexibility index (Phi) is 5.93. The maximum absolute atomic E-state index is 12.7. The number of hydrogen-bond donors (Lipinski definition) is 0. The number of non-ortho nitro benzene ring substituents is 1. The van der Waals surface area contributed by atoms with Crippen molar-refractivity contribution in [3.8, 4) is 11.3 Å². The zero-order chi connectivity index (χ0) is 22.8. The summed E-state index contributed by atoms with van der Waals surface area (Å²) in [5, 5.41) is 10.7. The van der Waals surface area contributed by atoms with Gasteiger partial charge in [-0.15, -0.1) is 0 Å². The maximum Gasteiger partial charge on any atom is 0.293 e. The quantitative estimate of drug-likeness (QED) is 0.205. The molecule has 0 bridgehead atoms. The summed E-state index contributed by atoms with van der Waals surface area (Å²) in [5.41, 5.74) is 0.806. The molecule has 1 aromatic heterocycles. The summed E-state index contributed by atoms with van der Waals surface area (Å²) < 4.78 is 5.73. The molecule has 0 N–H and O–H groups in total. The molecule has 0 saturated carbocycles. The third kappa shape index (κ3) is 4.48. The molecule has 3 aromatic rings. The van der Waals surface area contributed by atoms with Crippen molar-refractivity contribution in [2.24, 2.45) is 0 Å². The van der Waals surface area contributed by atoms with Gasteiger partial charge in [0.2, 0.25) is 0 Å². The molecule has 2 amide bonds. The molecule has 0 aliphatic carbocycles. The highest BCUT2D eigenvalue weighted by atomic mass is 35.5. The number of nitro groups is 1. The van der Waals surface area contributed by atoms with E-state index in [0.717, 1.165) is 10.5 Å². The smallest absolute Gasteiger partial charge is 0.293 e. The number of halogens is 1. The van der Waals surface area contributed by atoms with Gasteiger partial charge in [-0.05, 0) is 60.3 Å². The molecular weight excluding hydrogens is 456 g/mol. The van der Waals surface area contributed by atoms with Crippen LogP contribution in [-0.4, -0.2) is 33.3 Å². The molecule has 8 nitrogen and oxygen atoms in total. The minimum Gasteiger partial charge on any atom is -0.457 e. The number of rotatable bonds is 6. The van der Waals surface area contributed by atoms with Crippen molar-refractivity contribution in [1.29, 1.82) is 0 Å². The van der Waals surface area contributed by atoms with Crippen molar-refractivity contribution in [2.45, 2.75) is 0 Å². The number of thioether (sulfide) groups is 1. The monoisotopic (exact) mass is 468 g/mol. The lowest BCUT2D eigenvalue weighted by Gasteiger charge is -2.11. The molecule has 0 unspecified atom stereocenters. The van der Waals surface area contributed by atoms with Crippen molar-refractivity contribution in [3.05, 3.63) is 92.0 Å². The molecule has 160 valence electrons. The number of ketones is 1. The lowest BCUT2D eigenvalue weighted by Crippen LogP contribution is -2.33. The van der Waals surface area contributed by atoms with Gasteiger partial charge in [0.15, 0.2) is 5.78 Å². The fourth-order valence-electron chi connectivity index (χ4n) is 2.97. The first kappa shape index (κ1) is 21.5. The van der Waals surface area contributed by atoms with Gasteiger partial charge in [0.05, 0.1) is 16.4 Å². The fraction of sp³-hybridized carbons (Fsp3) is 0.0455. The van der Waals surface area contributed by atoms with E-state index in [9.17, 15) is 24.5 Å². The van der Waals surface area contributed by atoms with E-state index in [1.165, 1.54) is 30.3 Å². The van der Waals surface area contributed by atoms with Gasteiger partial charge in [-0.25, -0.2) is 0 Å². The molecule has 4 rings (SSSR count). The average Bonchev–Trinajstić information content (AvgIpc) is 3.34. The number of nitrogens with zero attached hydrogens (tertiary/aromatic N) is 2. The SMILES string of the molecule is O=C(CN1C(=O)S/C(=C/c2ccc(-c3ccc(Cl)cc3)o2)C1=O)c1ccc([N+](=O)[O-])cc1. The lowest BCUT2D eigenvalue weighted by atomic mass is 10.1. The topological polar surface area (TPSA) is 111 Å². The number of hydrogen-bond acceptors (Lipinski definition) is 7. The average molecular weight is 469 g/mol. The van der Waals surface area contributed by atoms with Crippen LogP contribution < -0.4 is 0 Å². The van der Waals surface area contributed by atoms with E-state index in [1.807, 2.05) is 0 Å². The van der Waals surface area contributed by atoms with E-state index in [-0.39, 0.29) is 16.2 Å². The van der Waals surface area contributed by atoms with E-state index in [4.69, 9.17) is 16.0 Å². The molecule has 2 heterocycles. The van der Waals surface area contributed by atoms with Crippen LogP contribution in [0.2, 0.25) is 5.02 Å². The fourth-order valence-corrected chi connectivity index (χ4v) is 3.91. The number of benzene rings is 2. The third-order valence-electron chi connectivity index (χ3n) is 4.60. The van der Waals surface area contributed by atoms with Crippen LogP contribution in [0, 0.1) is 10.1 Å². The van der Waals surface area contributed by atoms with Crippen LogP contribution >= 0.6 is 23.4 Å². The van der Waals surface area contributed by atoms with Crippen molar-refractivity contribution in [1.82, 2.24) is 4.90 Å². The predicted octanol–water partition coefficient (Wildman–Crippen LogP) is 5.43. The Labute approximate surface area is 190 Å². The largest absolute Gasteiger partial charge is 0.457 e. The van der Waals surface area contributed by atoms with Crippen LogP contribution in [0.25, 0.3) is 17.4 Å². The molecule has 2 aromatic carbocycles. The second-order valence-electron chi connectivity index (χ2n) is 6.70. The Bertz CT molecular complexity index is 1260. The first-order valence-electron chi connectivity index (χ1n) is 9.20. The minimum atomic E-state index is -0.611. The highest BCUT2D eigenvalue weighted by molar-refractivity contribution is 8.18. The van der Waals surface area contributed by atoms with Gasteiger partial charge >= 0.3 is 0 Å². The van der Waals surface area contributed by atoms with Crippen LogP contribution in [0.1, 0.15) is 16.1 Å². The molecule has 0 spiro atoms. The van der Waals surface area contributed by atoms with Crippen LogP contribution in [0.3, 0.4) is 0 Å². The number of nitro benzene ring substituents is 1. The molecule has 0 radical (unpaired) electrons. The molecular formula is C22H13ClN2O6S. The highest BCUT2D eigenvalue weighted by Gasteiger charge is 2.36. The molecule has 1 fully saturated rings. The van der Waals surface area contributed by atoms with Crippen molar-refractivity contribution in [2.75, 3.05) is 6.54 Å². The van der Waals surface area contributed by atoms with Gasteiger partial charge < -0.3 is 4.42 Å². The second kappa shape index (κ2) is 8.81. The highest BCUT2D eigenvalue weighted by Crippen LogP contribution is 2.33. The second-order valence-corrected chi connectivity index (χ2v) is 8.13. The van der Waals surface area contributed by atoms with E-state index in [0.29, 0.717) is 28.3 Å². The molecule has 32 heavy (non-hydrogen) atoms. The van der Waals surface area contributed by atoms with Gasteiger partial charge in [-0.3, -0.25) is 29.4 Å². The Hall–Kier alpha value is -3.69. The minimum absolute atomic E-state index is 0.128. The number of amides is 2. The Morgan fingerprint density at radius 1 is 1.06 bits per heavy atom. The van der Waals surface area contributed by atoms with Gasteiger partial charge in [-0.2, -0.15) is 0 Å². The number of carbonyl (C=O) groups excluding carboxylic acids is 3. The number of carbonyl (C=O) groups is 3. The predicted molar refractivity (Wildman–Crippen MR) is 119 cm³/mol. The molecule has 1 saturated heterocycles. The van der Waals surface area contributed by atoms with Crippen LogP contribution in [0.5, 0.6) is 0 Å². The summed E-state index contributed by atoms with van der Waals surface area (Å²) >= 11 is 6.59. The van der Waals surface area contributed by atoms with Gasteiger partial charge in [0.1, 0.15) is 11.5 Å². The van der Waals surface area contributed by atoms with E-state index in [2.05, 4.69) is 0 Å². The van der Waals surface area contributed by atoms with E-state index < -0.39 is 28.4 Å². The number of imide groups is 1. The summed E-state index contributed by atoms with van der Waals surface area (Å²) in [7, 11) is 0. The zero-order valence-electron chi connectivity index (χ0n) is 16.2. The Morgan fingerprint density at radius 3 is 2.41 bits per heavy atom. The summed E-state index contributed by atoms with van der Waals surface area (Å²) in [4.78, 5) is 48.5. The zero-order valence-corrected chi connectivity index (χ0v) is 17.8. The van der Waals surface area contributed by atoms with Crippen molar-refractivity contribution < 1.29 is 23.7 Å². The maximum atomic E-state index is 12.7. The number of Topliss-reactive ketones (excluding diaryl/α,β-unsaturated/α-hetero) is 1. The summed E-state index contributed by atoms with van der Waals surface area (Å²) in [6, 6.07) is 15.4. The van der Waals surface area contributed by atoms with Gasteiger partial charge in [0, 0.05) is 34.4 Å².